The third-order valence-corrected chi connectivity index (χ3v) is 5.42. The fourth-order valence-corrected chi connectivity index (χ4v) is 3.78. The number of aliphatic carboxylic acids is 1. The van der Waals surface area contributed by atoms with Crippen LogP contribution in [0.5, 0.6) is 5.75 Å². The van der Waals surface area contributed by atoms with Gasteiger partial charge in [0.25, 0.3) is 0 Å². The SMILES string of the molecule is O=C(O)C1CCCN(C(=O)Cn2ccc3ccc(OCc4ccccc4)cc32)C1. The van der Waals surface area contributed by atoms with E-state index in [4.69, 9.17) is 4.74 Å². The molecule has 3 aromatic rings. The highest BCUT2D eigenvalue weighted by Crippen LogP contribution is 2.24. The number of benzene rings is 2. The van der Waals surface area contributed by atoms with Crippen LogP contribution >= 0.6 is 0 Å². The second-order valence-electron chi connectivity index (χ2n) is 7.46. The van der Waals surface area contributed by atoms with Crippen LogP contribution in [0.15, 0.2) is 60.8 Å². The number of ether oxygens (including phenoxy) is 1. The van der Waals surface area contributed by atoms with Crippen LogP contribution < -0.4 is 4.74 Å². The molecule has 2 aromatic carbocycles. The van der Waals surface area contributed by atoms with E-state index in [0.29, 0.717) is 26.1 Å². The Labute approximate surface area is 169 Å². The van der Waals surface area contributed by atoms with Crippen LogP contribution in [0.3, 0.4) is 0 Å². The highest BCUT2D eigenvalue weighted by atomic mass is 16.5. The maximum atomic E-state index is 12.8. The van der Waals surface area contributed by atoms with E-state index in [9.17, 15) is 14.7 Å². The van der Waals surface area contributed by atoms with Gasteiger partial charge in [-0.2, -0.15) is 0 Å². The van der Waals surface area contributed by atoms with Crippen LogP contribution in [0.2, 0.25) is 0 Å². The minimum Gasteiger partial charge on any atom is -0.489 e. The molecule has 4 rings (SSSR count). The summed E-state index contributed by atoms with van der Waals surface area (Å²) in [5.74, 6) is -0.595. The number of carboxylic acid groups (broad SMARTS) is 1. The monoisotopic (exact) mass is 392 g/mol. The lowest BCUT2D eigenvalue weighted by molar-refractivity contribution is -0.145. The zero-order chi connectivity index (χ0) is 20.2. The van der Waals surface area contributed by atoms with Crippen molar-refractivity contribution in [1.82, 2.24) is 9.47 Å². The zero-order valence-electron chi connectivity index (χ0n) is 16.2. The fourth-order valence-electron chi connectivity index (χ4n) is 3.78. The van der Waals surface area contributed by atoms with Gasteiger partial charge in [0.15, 0.2) is 0 Å². The van der Waals surface area contributed by atoms with Crippen LogP contribution in [0.25, 0.3) is 10.9 Å². The third-order valence-electron chi connectivity index (χ3n) is 5.42. The smallest absolute Gasteiger partial charge is 0.308 e. The van der Waals surface area contributed by atoms with Gasteiger partial charge >= 0.3 is 5.97 Å². The molecule has 1 aliphatic heterocycles. The molecular formula is C23H24N2O4. The van der Waals surface area contributed by atoms with Gasteiger partial charge in [0.2, 0.25) is 5.91 Å². The molecule has 1 atom stereocenters. The number of carbonyl (C=O) groups is 2. The van der Waals surface area contributed by atoms with Crippen molar-refractivity contribution in [2.45, 2.75) is 26.0 Å². The molecule has 2 heterocycles. The molecule has 1 saturated heterocycles. The fraction of sp³-hybridized carbons (Fsp3) is 0.304. The summed E-state index contributed by atoms with van der Waals surface area (Å²) < 4.78 is 7.81. The predicted octanol–water partition coefficient (Wildman–Crippen LogP) is 3.54. The lowest BCUT2D eigenvalue weighted by atomic mass is 9.98. The first-order chi connectivity index (χ1) is 14.1. The second-order valence-corrected chi connectivity index (χ2v) is 7.46. The summed E-state index contributed by atoms with van der Waals surface area (Å²) in [5, 5.41) is 10.3. The molecule has 1 N–H and O–H groups in total. The van der Waals surface area contributed by atoms with Crippen LogP contribution in [-0.4, -0.2) is 39.5 Å². The number of hydrogen-bond donors (Lipinski definition) is 1. The van der Waals surface area contributed by atoms with Gasteiger partial charge in [-0.15, -0.1) is 0 Å². The standard InChI is InChI=1S/C23H24N2O4/c26-22(25-11-4-7-19(14-25)23(27)28)15-24-12-10-18-8-9-20(13-21(18)24)29-16-17-5-2-1-3-6-17/h1-3,5-6,8-10,12-13,19H,4,7,11,14-16H2,(H,27,28). The number of likely N-dealkylation sites (tertiary alicyclic amines) is 1. The number of fused-ring (bicyclic) bond motifs is 1. The van der Waals surface area contributed by atoms with Crippen LogP contribution in [0.1, 0.15) is 18.4 Å². The summed E-state index contributed by atoms with van der Waals surface area (Å²) in [6, 6.07) is 17.8. The van der Waals surface area contributed by atoms with Gasteiger partial charge in [-0.05, 0) is 42.0 Å². The van der Waals surface area contributed by atoms with Gasteiger partial charge in [0.05, 0.1) is 11.4 Å². The van der Waals surface area contributed by atoms with Crippen LogP contribution in [0, 0.1) is 5.92 Å². The maximum Gasteiger partial charge on any atom is 0.308 e. The van der Waals surface area contributed by atoms with Gasteiger partial charge in [-0.3, -0.25) is 9.59 Å². The lowest BCUT2D eigenvalue weighted by Crippen LogP contribution is -2.43. The summed E-state index contributed by atoms with van der Waals surface area (Å²) >= 11 is 0. The van der Waals surface area contributed by atoms with E-state index in [2.05, 4.69) is 0 Å². The summed E-state index contributed by atoms with van der Waals surface area (Å²) in [7, 11) is 0. The zero-order valence-corrected chi connectivity index (χ0v) is 16.2. The number of carboxylic acids is 1. The second kappa shape index (κ2) is 8.39. The van der Waals surface area contributed by atoms with Crippen molar-refractivity contribution >= 4 is 22.8 Å². The van der Waals surface area contributed by atoms with E-state index < -0.39 is 11.9 Å². The number of nitrogens with zero attached hydrogens (tertiary/aromatic N) is 2. The van der Waals surface area contributed by atoms with Crippen LogP contribution in [0.4, 0.5) is 0 Å². The van der Waals surface area contributed by atoms with Gasteiger partial charge < -0.3 is 19.3 Å². The average molecular weight is 392 g/mol. The van der Waals surface area contributed by atoms with E-state index in [1.54, 1.807) is 4.90 Å². The quantitative estimate of drug-likeness (QED) is 0.696. The summed E-state index contributed by atoms with van der Waals surface area (Å²) in [4.78, 5) is 25.7. The minimum absolute atomic E-state index is 0.0518. The van der Waals surface area contributed by atoms with Crippen molar-refractivity contribution in [3.63, 3.8) is 0 Å². The Morgan fingerprint density at radius 1 is 1.10 bits per heavy atom. The van der Waals surface area contributed by atoms with Crippen LogP contribution in [-0.2, 0) is 22.7 Å². The first-order valence-electron chi connectivity index (χ1n) is 9.86. The van der Waals surface area contributed by atoms with Gasteiger partial charge in [0, 0.05) is 25.4 Å². The molecule has 29 heavy (non-hydrogen) atoms. The van der Waals surface area contributed by atoms with E-state index in [0.717, 1.165) is 28.6 Å². The number of piperidine rings is 1. The molecule has 1 amide bonds. The summed E-state index contributed by atoms with van der Waals surface area (Å²) in [5.41, 5.74) is 2.02. The predicted molar refractivity (Wildman–Crippen MR) is 110 cm³/mol. The maximum absolute atomic E-state index is 12.8. The molecule has 0 bridgehead atoms. The summed E-state index contributed by atoms with van der Waals surface area (Å²) in [6.45, 7) is 1.58. The minimum atomic E-state index is -0.825. The molecular weight excluding hydrogens is 368 g/mol. The molecule has 150 valence electrons. The Morgan fingerprint density at radius 2 is 1.93 bits per heavy atom. The van der Waals surface area contributed by atoms with E-state index in [-0.39, 0.29) is 12.5 Å². The Kier molecular flexibility index (Phi) is 5.51. The number of rotatable bonds is 6. The van der Waals surface area contributed by atoms with Crippen molar-refractivity contribution in [3.05, 3.63) is 66.4 Å². The number of amides is 1. The average Bonchev–Trinajstić information content (AvgIpc) is 3.15. The molecule has 0 saturated carbocycles. The van der Waals surface area contributed by atoms with Crippen molar-refractivity contribution in [2.24, 2.45) is 5.92 Å². The Balaban J connectivity index is 1.46. The molecule has 1 aliphatic rings. The number of carbonyl (C=O) groups excluding carboxylic acids is 1. The highest BCUT2D eigenvalue weighted by molar-refractivity contribution is 5.84. The normalized spacial score (nSPS) is 16.7. The van der Waals surface area contributed by atoms with E-state index >= 15 is 0 Å². The van der Waals surface area contributed by atoms with Gasteiger partial charge in [0.1, 0.15) is 18.9 Å². The van der Waals surface area contributed by atoms with Crippen molar-refractivity contribution in [2.75, 3.05) is 13.1 Å². The topological polar surface area (TPSA) is 71.8 Å². The lowest BCUT2D eigenvalue weighted by Gasteiger charge is -2.31. The van der Waals surface area contributed by atoms with E-state index in [1.807, 2.05) is 65.4 Å². The van der Waals surface area contributed by atoms with Crippen molar-refractivity contribution in [1.29, 1.82) is 0 Å². The van der Waals surface area contributed by atoms with Gasteiger partial charge in [-0.1, -0.05) is 30.3 Å². The van der Waals surface area contributed by atoms with E-state index in [1.165, 1.54) is 0 Å². The Hall–Kier alpha value is -3.28. The Morgan fingerprint density at radius 3 is 2.72 bits per heavy atom. The van der Waals surface area contributed by atoms with Gasteiger partial charge in [-0.25, -0.2) is 0 Å². The summed E-state index contributed by atoms with van der Waals surface area (Å²) in [6.07, 6.45) is 3.25. The largest absolute Gasteiger partial charge is 0.489 e. The highest BCUT2D eigenvalue weighted by Gasteiger charge is 2.28. The molecule has 6 nitrogen and oxygen atoms in total. The van der Waals surface area contributed by atoms with Crippen molar-refractivity contribution < 1.29 is 19.4 Å². The Bertz CT molecular complexity index is 1010. The first kappa shape index (κ1) is 19.1. The molecule has 0 spiro atoms. The first-order valence-corrected chi connectivity index (χ1v) is 9.86. The molecule has 6 heteroatoms. The molecule has 0 radical (unpaired) electrons. The molecule has 1 aromatic heterocycles. The number of aromatic nitrogens is 1. The number of hydrogen-bond acceptors (Lipinski definition) is 3. The molecule has 1 fully saturated rings. The third kappa shape index (κ3) is 4.42. The molecule has 0 aliphatic carbocycles. The van der Waals surface area contributed by atoms with Crippen molar-refractivity contribution in [3.8, 4) is 5.75 Å². The molecule has 1 unspecified atom stereocenters.